The van der Waals surface area contributed by atoms with E-state index in [0.717, 1.165) is 11.3 Å². The Morgan fingerprint density at radius 1 is 1.19 bits per heavy atom. The van der Waals surface area contributed by atoms with Gasteiger partial charge in [-0.1, -0.05) is 30.3 Å². The van der Waals surface area contributed by atoms with Crippen molar-refractivity contribution in [1.82, 2.24) is 20.5 Å². The van der Waals surface area contributed by atoms with Crippen LogP contribution in [0.4, 0.5) is 0 Å². The summed E-state index contributed by atoms with van der Waals surface area (Å²) >= 11 is 0. The van der Waals surface area contributed by atoms with E-state index in [0.29, 0.717) is 49.5 Å². The fourth-order valence-corrected chi connectivity index (χ4v) is 4.86. The van der Waals surface area contributed by atoms with E-state index in [9.17, 15) is 14.7 Å². The van der Waals surface area contributed by atoms with E-state index in [1.54, 1.807) is 23.2 Å². The van der Waals surface area contributed by atoms with Crippen molar-refractivity contribution in [3.8, 4) is 5.75 Å². The number of amides is 2. The molecule has 0 spiro atoms. The van der Waals surface area contributed by atoms with Crippen molar-refractivity contribution in [3.63, 3.8) is 0 Å². The molecule has 8 nitrogen and oxygen atoms in total. The number of benzene rings is 2. The number of carbonyl (C=O) groups excluding carboxylic acids is 2. The van der Waals surface area contributed by atoms with Gasteiger partial charge in [0.1, 0.15) is 5.75 Å². The molecule has 186 valence electrons. The molecule has 2 amide bonds. The SMILES string of the molecule is CCOc1cc2c(cc1C(=O)NC[C@@H](O)[C@@H]1Cc3ccccc3CN1)CN(Cc1ccccn1)C2=O. The number of hydrogen-bond acceptors (Lipinski definition) is 6. The largest absolute Gasteiger partial charge is 0.493 e. The van der Waals surface area contributed by atoms with Crippen molar-refractivity contribution in [2.75, 3.05) is 13.2 Å². The second kappa shape index (κ2) is 10.5. The standard InChI is InChI=1S/C28H30N4O4/c1-2-36-26-13-22-20(16-32(28(22)35)17-21-9-5-6-10-29-21)11-23(26)27(34)31-15-25(33)24-12-18-7-3-4-8-19(18)14-30-24/h3-11,13,24-25,30,33H,2,12,14-17H2,1H3,(H,31,34)/t24-,25+/m0/s1. The van der Waals surface area contributed by atoms with Crippen molar-refractivity contribution < 1.29 is 19.4 Å². The highest BCUT2D eigenvalue weighted by atomic mass is 16.5. The number of rotatable bonds is 8. The summed E-state index contributed by atoms with van der Waals surface area (Å²) in [6, 6.07) is 17.0. The second-order valence-corrected chi connectivity index (χ2v) is 9.16. The van der Waals surface area contributed by atoms with Gasteiger partial charge in [-0.25, -0.2) is 0 Å². The van der Waals surface area contributed by atoms with Gasteiger partial charge in [0, 0.05) is 37.4 Å². The molecule has 2 aliphatic rings. The molecule has 36 heavy (non-hydrogen) atoms. The number of aliphatic hydroxyl groups excluding tert-OH is 1. The van der Waals surface area contributed by atoms with Crippen LogP contribution in [0.5, 0.6) is 5.75 Å². The Kier molecular flexibility index (Phi) is 6.97. The molecular formula is C28H30N4O4. The fourth-order valence-electron chi connectivity index (χ4n) is 4.86. The van der Waals surface area contributed by atoms with Crippen molar-refractivity contribution in [3.05, 3.63) is 94.3 Å². The van der Waals surface area contributed by atoms with E-state index in [1.165, 1.54) is 11.1 Å². The number of nitrogens with one attached hydrogen (secondary N) is 2. The average Bonchev–Trinajstić information content (AvgIpc) is 3.21. The fraction of sp³-hybridized carbons (Fsp3) is 0.321. The third-order valence-corrected chi connectivity index (χ3v) is 6.76. The van der Waals surface area contributed by atoms with Gasteiger partial charge < -0.3 is 25.4 Å². The summed E-state index contributed by atoms with van der Waals surface area (Å²) in [5.74, 6) is -0.0873. The van der Waals surface area contributed by atoms with Gasteiger partial charge in [-0.05, 0) is 54.3 Å². The van der Waals surface area contributed by atoms with Crippen LogP contribution >= 0.6 is 0 Å². The maximum absolute atomic E-state index is 13.1. The zero-order chi connectivity index (χ0) is 25.1. The van der Waals surface area contributed by atoms with Crippen molar-refractivity contribution in [2.45, 2.75) is 45.1 Å². The van der Waals surface area contributed by atoms with Crippen LogP contribution in [-0.4, -0.2) is 52.1 Å². The topological polar surface area (TPSA) is 104 Å². The first kappa shape index (κ1) is 24.0. The lowest BCUT2D eigenvalue weighted by molar-refractivity contribution is 0.0764. The van der Waals surface area contributed by atoms with Crippen molar-refractivity contribution in [1.29, 1.82) is 0 Å². The second-order valence-electron chi connectivity index (χ2n) is 9.16. The summed E-state index contributed by atoms with van der Waals surface area (Å²) in [4.78, 5) is 32.2. The number of carbonyl (C=O) groups is 2. The highest BCUT2D eigenvalue weighted by molar-refractivity contribution is 6.03. The van der Waals surface area contributed by atoms with Gasteiger partial charge in [0.2, 0.25) is 0 Å². The lowest BCUT2D eigenvalue weighted by atomic mass is 9.93. The van der Waals surface area contributed by atoms with Gasteiger partial charge in [-0.15, -0.1) is 0 Å². The molecule has 3 heterocycles. The van der Waals surface area contributed by atoms with E-state index >= 15 is 0 Å². The predicted molar refractivity (Wildman–Crippen MR) is 135 cm³/mol. The highest BCUT2D eigenvalue weighted by Gasteiger charge is 2.31. The quantitative estimate of drug-likeness (QED) is 0.452. The summed E-state index contributed by atoms with van der Waals surface area (Å²) in [6.07, 6.45) is 1.65. The normalized spacial score (nSPS) is 17.3. The van der Waals surface area contributed by atoms with Crippen LogP contribution in [0.15, 0.2) is 60.8 Å². The number of ether oxygens (including phenoxy) is 1. The van der Waals surface area contributed by atoms with Gasteiger partial charge in [-0.2, -0.15) is 0 Å². The summed E-state index contributed by atoms with van der Waals surface area (Å²) in [6.45, 7) is 3.77. The van der Waals surface area contributed by atoms with Crippen molar-refractivity contribution in [2.24, 2.45) is 0 Å². The van der Waals surface area contributed by atoms with Crippen LogP contribution in [0.1, 0.15) is 50.0 Å². The van der Waals surface area contributed by atoms with Gasteiger partial charge in [0.05, 0.1) is 30.5 Å². The Labute approximate surface area is 210 Å². The molecule has 2 aliphatic heterocycles. The minimum atomic E-state index is -0.747. The summed E-state index contributed by atoms with van der Waals surface area (Å²) in [5, 5.41) is 17.0. The van der Waals surface area contributed by atoms with E-state index < -0.39 is 6.10 Å². The minimum Gasteiger partial charge on any atom is -0.493 e. The number of aliphatic hydroxyl groups is 1. The summed E-state index contributed by atoms with van der Waals surface area (Å²) in [5.41, 5.74) is 4.92. The Bertz CT molecular complexity index is 1260. The molecule has 0 unspecified atom stereocenters. The minimum absolute atomic E-state index is 0.103. The maximum Gasteiger partial charge on any atom is 0.255 e. The van der Waals surface area contributed by atoms with Gasteiger partial charge in [0.15, 0.2) is 0 Å². The first-order valence-corrected chi connectivity index (χ1v) is 12.3. The molecule has 3 aromatic rings. The van der Waals surface area contributed by atoms with Gasteiger partial charge in [-0.3, -0.25) is 14.6 Å². The Morgan fingerprint density at radius 3 is 2.78 bits per heavy atom. The molecule has 0 fully saturated rings. The Balaban J connectivity index is 1.27. The van der Waals surface area contributed by atoms with Crippen LogP contribution in [0.2, 0.25) is 0 Å². The third-order valence-electron chi connectivity index (χ3n) is 6.76. The van der Waals surface area contributed by atoms with Crippen LogP contribution in [0.25, 0.3) is 0 Å². The number of fused-ring (bicyclic) bond motifs is 2. The smallest absolute Gasteiger partial charge is 0.255 e. The Morgan fingerprint density at radius 2 is 2.00 bits per heavy atom. The molecule has 5 rings (SSSR count). The Hall–Kier alpha value is -3.75. The number of hydrogen-bond donors (Lipinski definition) is 3. The zero-order valence-corrected chi connectivity index (χ0v) is 20.2. The zero-order valence-electron chi connectivity index (χ0n) is 20.2. The van der Waals surface area contributed by atoms with Crippen LogP contribution in [0.3, 0.4) is 0 Å². The molecular weight excluding hydrogens is 456 g/mol. The van der Waals surface area contributed by atoms with Crippen molar-refractivity contribution >= 4 is 11.8 Å². The maximum atomic E-state index is 13.1. The molecule has 0 bridgehead atoms. The number of nitrogens with zero attached hydrogens (tertiary/aromatic N) is 2. The number of aromatic nitrogens is 1. The van der Waals surface area contributed by atoms with E-state index in [-0.39, 0.29) is 24.4 Å². The van der Waals surface area contributed by atoms with Gasteiger partial charge >= 0.3 is 0 Å². The molecule has 0 saturated carbocycles. The third kappa shape index (κ3) is 4.96. The van der Waals surface area contributed by atoms with Gasteiger partial charge in [0.25, 0.3) is 11.8 Å². The molecule has 0 aliphatic carbocycles. The molecule has 2 aromatic carbocycles. The molecule has 8 heteroatoms. The van der Waals surface area contributed by atoms with E-state index in [4.69, 9.17) is 4.74 Å². The van der Waals surface area contributed by atoms with Crippen LogP contribution < -0.4 is 15.4 Å². The monoisotopic (exact) mass is 486 g/mol. The van der Waals surface area contributed by atoms with E-state index in [2.05, 4.69) is 27.8 Å². The first-order valence-electron chi connectivity index (χ1n) is 12.3. The molecule has 1 aromatic heterocycles. The van der Waals surface area contributed by atoms with Crippen LogP contribution in [0, 0.1) is 0 Å². The van der Waals surface area contributed by atoms with E-state index in [1.807, 2.05) is 37.3 Å². The molecule has 2 atom stereocenters. The number of pyridine rings is 1. The predicted octanol–water partition coefficient (Wildman–Crippen LogP) is 2.44. The highest BCUT2D eigenvalue weighted by Crippen LogP contribution is 2.31. The first-order chi connectivity index (χ1) is 17.5. The molecule has 0 radical (unpaired) electrons. The molecule has 3 N–H and O–H groups in total. The van der Waals surface area contributed by atoms with Crippen LogP contribution in [-0.2, 0) is 26.1 Å². The molecule has 0 saturated heterocycles. The average molecular weight is 487 g/mol. The lowest BCUT2D eigenvalue weighted by Gasteiger charge is -2.30. The lowest BCUT2D eigenvalue weighted by Crippen LogP contribution is -2.49. The summed E-state index contributed by atoms with van der Waals surface area (Å²) < 4.78 is 5.73. The summed E-state index contributed by atoms with van der Waals surface area (Å²) in [7, 11) is 0.